The normalized spacial score (nSPS) is 18.2. The number of aromatic nitrogens is 4. The van der Waals surface area contributed by atoms with Crippen molar-refractivity contribution in [1.82, 2.24) is 19.3 Å². The maximum absolute atomic E-state index is 13.5. The summed E-state index contributed by atoms with van der Waals surface area (Å²) in [7, 11) is 0. The average Bonchev–Trinajstić information content (AvgIpc) is 3.77. The van der Waals surface area contributed by atoms with Gasteiger partial charge in [0.25, 0.3) is 5.56 Å². The molecule has 13 nitrogen and oxygen atoms in total. The molecule has 4 aromatic carbocycles. The third kappa shape index (κ3) is 7.50. The number of nitrogens with zero attached hydrogens (tertiary/aromatic N) is 4. The first-order valence-electron chi connectivity index (χ1n) is 16.4. The van der Waals surface area contributed by atoms with Gasteiger partial charge in [-0.3, -0.25) is 9.36 Å². The van der Waals surface area contributed by atoms with Gasteiger partial charge in [0, 0.05) is 0 Å². The molecule has 0 bridgehead atoms. The van der Waals surface area contributed by atoms with E-state index in [-0.39, 0.29) is 42.1 Å². The monoisotopic (exact) mass is 700 g/mol. The van der Waals surface area contributed by atoms with Gasteiger partial charge in [-0.2, -0.15) is 5.10 Å². The highest BCUT2D eigenvalue weighted by molar-refractivity contribution is 5.91. The van der Waals surface area contributed by atoms with Crippen molar-refractivity contribution in [3.05, 3.63) is 166 Å². The third-order valence-corrected chi connectivity index (χ3v) is 8.37. The van der Waals surface area contributed by atoms with E-state index in [0.717, 1.165) is 10.2 Å². The van der Waals surface area contributed by atoms with E-state index in [4.69, 9.17) is 23.7 Å². The lowest BCUT2D eigenvalue weighted by molar-refractivity contribution is -0.0604. The van der Waals surface area contributed by atoms with Gasteiger partial charge in [0.15, 0.2) is 24.0 Å². The fourth-order valence-corrected chi connectivity index (χ4v) is 5.76. The summed E-state index contributed by atoms with van der Waals surface area (Å²) in [4.78, 5) is 57.8. The predicted octanol–water partition coefficient (Wildman–Crippen LogP) is 4.97. The molecular weight excluding hydrogens is 668 g/mol. The summed E-state index contributed by atoms with van der Waals surface area (Å²) < 4.78 is 32.4. The standard InChI is InChI=1S/C39H32N4O9/c44-35-32-30(21-41-43(35)25-48-22-26-13-5-1-6-14-26)42(24-40-32)36-34(52-39(47)29-19-11-4-12-20-29)33(51-38(46)28-17-9-3-10-18-28)31(50-36)23-49-37(45)27-15-7-2-8-16-27/h1-21,24,31,33-34,36H,22-23,25H2. The number of benzene rings is 4. The smallest absolute Gasteiger partial charge is 0.338 e. The van der Waals surface area contributed by atoms with Crippen LogP contribution in [0.4, 0.5) is 0 Å². The third-order valence-electron chi connectivity index (χ3n) is 8.37. The van der Waals surface area contributed by atoms with E-state index in [1.165, 1.54) is 17.1 Å². The molecule has 1 fully saturated rings. The van der Waals surface area contributed by atoms with Gasteiger partial charge in [-0.15, -0.1) is 0 Å². The molecule has 7 rings (SSSR count). The predicted molar refractivity (Wildman–Crippen MR) is 185 cm³/mol. The van der Waals surface area contributed by atoms with Crippen molar-refractivity contribution in [2.24, 2.45) is 0 Å². The van der Waals surface area contributed by atoms with E-state index in [1.807, 2.05) is 30.3 Å². The van der Waals surface area contributed by atoms with Gasteiger partial charge in [0.1, 0.15) is 19.4 Å². The molecule has 0 saturated carbocycles. The molecule has 0 N–H and O–H groups in total. The molecule has 0 amide bonds. The molecule has 0 radical (unpaired) electrons. The molecular formula is C39H32N4O9. The minimum atomic E-state index is -1.30. The number of rotatable bonds is 12. The quantitative estimate of drug-likeness (QED) is 0.126. The van der Waals surface area contributed by atoms with Gasteiger partial charge >= 0.3 is 17.9 Å². The van der Waals surface area contributed by atoms with Gasteiger partial charge in [-0.1, -0.05) is 84.9 Å². The molecule has 4 atom stereocenters. The minimum absolute atomic E-state index is 0.0480. The van der Waals surface area contributed by atoms with Crippen LogP contribution in [0.1, 0.15) is 42.9 Å². The van der Waals surface area contributed by atoms with Crippen LogP contribution in [-0.4, -0.2) is 62.2 Å². The Balaban J connectivity index is 1.21. The number of ether oxygens (including phenoxy) is 5. The summed E-state index contributed by atoms with van der Waals surface area (Å²) in [6, 6.07) is 34.4. The number of carbonyl (C=O) groups excluding carboxylic acids is 3. The molecule has 52 heavy (non-hydrogen) atoms. The van der Waals surface area contributed by atoms with E-state index in [0.29, 0.717) is 5.56 Å². The molecule has 1 aliphatic rings. The van der Waals surface area contributed by atoms with E-state index < -0.39 is 48.0 Å². The zero-order chi connectivity index (χ0) is 35.9. The van der Waals surface area contributed by atoms with Gasteiger partial charge in [-0.05, 0) is 42.0 Å². The highest BCUT2D eigenvalue weighted by atomic mass is 16.7. The van der Waals surface area contributed by atoms with Gasteiger partial charge in [0.05, 0.1) is 41.3 Å². The fraction of sp³-hybridized carbons (Fsp3) is 0.179. The van der Waals surface area contributed by atoms with Crippen molar-refractivity contribution in [2.45, 2.75) is 37.9 Å². The maximum Gasteiger partial charge on any atom is 0.338 e. The van der Waals surface area contributed by atoms with E-state index in [1.54, 1.807) is 91.0 Å². The first kappa shape index (κ1) is 34.0. The zero-order valence-electron chi connectivity index (χ0n) is 27.6. The van der Waals surface area contributed by atoms with Gasteiger partial charge in [-0.25, -0.2) is 24.0 Å². The summed E-state index contributed by atoms with van der Waals surface area (Å²) in [5, 5.41) is 4.29. The van der Waals surface area contributed by atoms with E-state index >= 15 is 0 Å². The van der Waals surface area contributed by atoms with E-state index in [2.05, 4.69) is 10.1 Å². The maximum atomic E-state index is 13.5. The molecule has 3 heterocycles. The van der Waals surface area contributed by atoms with Crippen molar-refractivity contribution in [1.29, 1.82) is 0 Å². The molecule has 1 aliphatic heterocycles. The Morgan fingerprint density at radius 2 is 1.23 bits per heavy atom. The fourth-order valence-electron chi connectivity index (χ4n) is 5.76. The molecule has 0 aliphatic carbocycles. The molecule has 0 spiro atoms. The van der Waals surface area contributed by atoms with Crippen LogP contribution in [-0.2, 0) is 37.0 Å². The lowest BCUT2D eigenvalue weighted by Crippen LogP contribution is -2.41. The number of esters is 3. The Bertz CT molecular complexity index is 2210. The van der Waals surface area contributed by atoms with E-state index in [9.17, 15) is 19.2 Å². The molecule has 1 saturated heterocycles. The summed E-state index contributed by atoms with van der Waals surface area (Å²) >= 11 is 0. The van der Waals surface area contributed by atoms with Crippen molar-refractivity contribution in [3.63, 3.8) is 0 Å². The summed E-state index contributed by atoms with van der Waals surface area (Å²) in [5.74, 6) is -2.07. The van der Waals surface area contributed by atoms with Crippen LogP contribution in [0.2, 0.25) is 0 Å². The lowest BCUT2D eigenvalue weighted by atomic mass is 10.1. The number of fused-ring (bicyclic) bond motifs is 1. The molecule has 6 aromatic rings. The Morgan fingerprint density at radius 3 is 1.83 bits per heavy atom. The second kappa shape index (κ2) is 15.6. The van der Waals surface area contributed by atoms with Gasteiger partial charge in [0.2, 0.25) is 0 Å². The van der Waals surface area contributed by atoms with Crippen LogP contribution in [0.25, 0.3) is 11.0 Å². The highest BCUT2D eigenvalue weighted by Crippen LogP contribution is 2.36. The number of hydrogen-bond donors (Lipinski definition) is 0. The molecule has 4 unspecified atom stereocenters. The zero-order valence-corrected chi connectivity index (χ0v) is 27.6. The lowest BCUT2D eigenvalue weighted by Gasteiger charge is -2.25. The topological polar surface area (TPSA) is 150 Å². The molecule has 262 valence electrons. The number of carbonyl (C=O) groups is 3. The van der Waals surface area contributed by atoms with Gasteiger partial charge < -0.3 is 23.7 Å². The van der Waals surface area contributed by atoms with Crippen molar-refractivity contribution < 1.29 is 38.1 Å². The first-order valence-corrected chi connectivity index (χ1v) is 16.4. The largest absolute Gasteiger partial charge is 0.459 e. The van der Waals surface area contributed by atoms with Crippen molar-refractivity contribution >= 4 is 28.9 Å². The van der Waals surface area contributed by atoms with Crippen LogP contribution in [0.5, 0.6) is 0 Å². The summed E-state index contributed by atoms with van der Waals surface area (Å²) in [6.07, 6.45) is -2.11. The SMILES string of the molecule is O=C(OCC1OC(n2cnc3c(=O)n(COCc4ccccc4)ncc32)C(OC(=O)c2ccccc2)C1OC(=O)c1ccccc1)c1ccccc1. The molecule has 2 aromatic heterocycles. The minimum Gasteiger partial charge on any atom is -0.459 e. The molecule has 13 heteroatoms. The average molecular weight is 701 g/mol. The van der Waals surface area contributed by atoms with Crippen LogP contribution < -0.4 is 5.56 Å². The second-order valence-electron chi connectivity index (χ2n) is 11.8. The second-order valence-corrected chi connectivity index (χ2v) is 11.8. The Hall–Kier alpha value is -6.44. The van der Waals surface area contributed by atoms with Crippen LogP contribution in [0.3, 0.4) is 0 Å². The van der Waals surface area contributed by atoms with Crippen LogP contribution in [0, 0.1) is 0 Å². The number of imidazole rings is 1. The first-order chi connectivity index (χ1) is 25.5. The van der Waals surface area contributed by atoms with Crippen LogP contribution in [0.15, 0.2) is 139 Å². The van der Waals surface area contributed by atoms with Crippen molar-refractivity contribution in [2.75, 3.05) is 6.61 Å². The van der Waals surface area contributed by atoms with Crippen LogP contribution >= 0.6 is 0 Å². The Morgan fingerprint density at radius 1 is 0.692 bits per heavy atom. The Labute approximate surface area is 296 Å². The Kier molecular flexibility index (Phi) is 10.2. The number of hydrogen-bond acceptors (Lipinski definition) is 11. The summed E-state index contributed by atoms with van der Waals surface area (Å²) in [5.41, 5.74) is 1.49. The van der Waals surface area contributed by atoms with Crippen molar-refractivity contribution in [3.8, 4) is 0 Å². The summed E-state index contributed by atoms with van der Waals surface area (Å²) in [6.45, 7) is -0.224. The highest BCUT2D eigenvalue weighted by Gasteiger charge is 2.51.